The number of aromatic nitrogens is 3. The van der Waals surface area contributed by atoms with Gasteiger partial charge in [0.2, 0.25) is 0 Å². The molecule has 0 radical (unpaired) electrons. The summed E-state index contributed by atoms with van der Waals surface area (Å²) >= 11 is 1.80. The Balaban J connectivity index is 1.19. The molecule has 7 heteroatoms. The van der Waals surface area contributed by atoms with Crippen LogP contribution in [0.25, 0.3) is 22.3 Å². The summed E-state index contributed by atoms with van der Waals surface area (Å²) in [7, 11) is 2.22. The second kappa shape index (κ2) is 9.45. The van der Waals surface area contributed by atoms with Gasteiger partial charge in [-0.1, -0.05) is 0 Å². The van der Waals surface area contributed by atoms with Crippen LogP contribution in [0.2, 0.25) is 0 Å². The van der Waals surface area contributed by atoms with E-state index >= 15 is 0 Å². The van der Waals surface area contributed by atoms with Gasteiger partial charge < -0.3 is 9.72 Å². The number of pyridine rings is 1. The van der Waals surface area contributed by atoms with Crippen LogP contribution in [0.3, 0.4) is 0 Å². The van der Waals surface area contributed by atoms with Crippen LogP contribution < -0.4 is 0 Å². The van der Waals surface area contributed by atoms with Gasteiger partial charge in [-0.2, -0.15) is 0 Å². The monoisotopic (exact) mass is 465 g/mol. The van der Waals surface area contributed by atoms with Gasteiger partial charge in [-0.05, 0) is 76.1 Å². The molecule has 0 aromatic carbocycles. The zero-order valence-electron chi connectivity index (χ0n) is 19.6. The molecule has 1 N–H and O–H groups in total. The van der Waals surface area contributed by atoms with Crippen molar-refractivity contribution in [2.75, 3.05) is 39.9 Å². The van der Waals surface area contributed by atoms with E-state index in [-0.39, 0.29) is 0 Å². The number of nitrogens with zero attached hydrogens (tertiary/aromatic N) is 4. The maximum Gasteiger partial charge on any atom is 0.137 e. The van der Waals surface area contributed by atoms with Gasteiger partial charge in [0.05, 0.1) is 18.3 Å². The number of thiazole rings is 1. The van der Waals surface area contributed by atoms with E-state index in [2.05, 4.69) is 45.7 Å². The minimum Gasteiger partial charge on any atom is -0.380 e. The molecule has 1 atom stereocenters. The highest BCUT2D eigenvalue weighted by atomic mass is 32.1. The molecule has 6 rings (SSSR count). The molecule has 0 amide bonds. The lowest BCUT2D eigenvalue weighted by molar-refractivity contribution is 0.118. The fourth-order valence-corrected chi connectivity index (χ4v) is 7.16. The first-order valence-electron chi connectivity index (χ1n) is 12.7. The Labute approximate surface area is 200 Å². The summed E-state index contributed by atoms with van der Waals surface area (Å²) in [6.07, 6.45) is 12.9. The van der Waals surface area contributed by atoms with Crippen LogP contribution >= 0.6 is 11.3 Å². The molecule has 3 aliphatic rings. The van der Waals surface area contributed by atoms with Gasteiger partial charge in [0, 0.05) is 54.5 Å². The molecule has 1 unspecified atom stereocenters. The maximum absolute atomic E-state index is 5.66. The molecule has 0 bridgehead atoms. The summed E-state index contributed by atoms with van der Waals surface area (Å²) in [5, 5.41) is 4.70. The summed E-state index contributed by atoms with van der Waals surface area (Å²) in [6.45, 7) is 5.29. The third-order valence-electron chi connectivity index (χ3n) is 8.10. The van der Waals surface area contributed by atoms with E-state index < -0.39 is 0 Å². The van der Waals surface area contributed by atoms with Gasteiger partial charge in [0.1, 0.15) is 10.7 Å². The largest absolute Gasteiger partial charge is 0.380 e. The van der Waals surface area contributed by atoms with Gasteiger partial charge in [-0.3, -0.25) is 9.80 Å². The summed E-state index contributed by atoms with van der Waals surface area (Å²) in [5.41, 5.74) is 4.65. The quantitative estimate of drug-likeness (QED) is 0.574. The van der Waals surface area contributed by atoms with E-state index in [1.54, 1.807) is 11.3 Å². The number of rotatable bonds is 4. The van der Waals surface area contributed by atoms with Crippen LogP contribution in [-0.2, 0) is 4.74 Å². The molecule has 6 nitrogen and oxygen atoms in total. The van der Waals surface area contributed by atoms with Gasteiger partial charge in [-0.25, -0.2) is 9.97 Å². The number of nitrogens with one attached hydrogen (secondary N) is 1. The Hall–Kier alpha value is -1.80. The Bertz CT molecular complexity index is 1080. The molecule has 3 aromatic heterocycles. The third kappa shape index (κ3) is 4.36. The lowest BCUT2D eigenvalue weighted by Crippen LogP contribution is -2.39. The average molecular weight is 466 g/mol. The van der Waals surface area contributed by atoms with Gasteiger partial charge in [0.15, 0.2) is 0 Å². The molecule has 3 fully saturated rings. The zero-order chi connectivity index (χ0) is 22.2. The first-order chi connectivity index (χ1) is 16.3. The average Bonchev–Trinajstić information content (AvgIpc) is 3.54. The zero-order valence-corrected chi connectivity index (χ0v) is 20.4. The van der Waals surface area contributed by atoms with Crippen molar-refractivity contribution in [3.05, 3.63) is 34.4 Å². The van der Waals surface area contributed by atoms with Crippen LogP contribution in [0.1, 0.15) is 67.5 Å². The van der Waals surface area contributed by atoms with Crippen molar-refractivity contribution < 1.29 is 4.74 Å². The number of hydrogen-bond acceptors (Lipinski definition) is 6. The number of H-pyrrole nitrogens is 1. The first kappa shape index (κ1) is 21.7. The minimum absolute atomic E-state index is 0.480. The third-order valence-corrected chi connectivity index (χ3v) is 9.04. The molecule has 3 aromatic rings. The van der Waals surface area contributed by atoms with E-state index in [0.717, 1.165) is 37.1 Å². The molecule has 2 aliphatic heterocycles. The molecule has 33 heavy (non-hydrogen) atoms. The van der Waals surface area contributed by atoms with E-state index in [0.29, 0.717) is 12.0 Å². The highest BCUT2D eigenvalue weighted by molar-refractivity contribution is 7.10. The molecule has 2 saturated heterocycles. The van der Waals surface area contributed by atoms with Gasteiger partial charge >= 0.3 is 0 Å². The maximum atomic E-state index is 5.66. The second-order valence-corrected chi connectivity index (χ2v) is 11.0. The van der Waals surface area contributed by atoms with E-state index in [4.69, 9.17) is 14.7 Å². The summed E-state index contributed by atoms with van der Waals surface area (Å²) < 4.78 is 5.66. The lowest BCUT2D eigenvalue weighted by atomic mass is 9.81. The Kier molecular flexibility index (Phi) is 6.22. The Morgan fingerprint density at radius 2 is 1.97 bits per heavy atom. The molecule has 0 spiro atoms. The van der Waals surface area contributed by atoms with Crippen molar-refractivity contribution in [1.82, 2.24) is 24.8 Å². The van der Waals surface area contributed by atoms with Crippen molar-refractivity contribution in [3.63, 3.8) is 0 Å². The fraction of sp³-hybridized carbons (Fsp3) is 0.615. The smallest absolute Gasteiger partial charge is 0.137 e. The molecular formula is C26H35N5OS. The number of ether oxygens (including phenoxy) is 1. The van der Waals surface area contributed by atoms with E-state index in [1.165, 1.54) is 79.6 Å². The molecule has 1 aliphatic carbocycles. The normalized spacial score (nSPS) is 27.8. The number of likely N-dealkylation sites (tertiary alicyclic amines) is 1. The van der Waals surface area contributed by atoms with Crippen molar-refractivity contribution in [2.45, 2.75) is 62.9 Å². The Morgan fingerprint density at radius 3 is 2.82 bits per heavy atom. The SMILES string of the molecule is CN1CCCC1c1nc(-c2c[nH]c3ncc(C4CCC(N5CCCOCC5)CC4)cc23)cs1. The van der Waals surface area contributed by atoms with Gasteiger partial charge in [0.25, 0.3) is 0 Å². The number of hydrogen-bond donors (Lipinski definition) is 1. The summed E-state index contributed by atoms with van der Waals surface area (Å²) in [4.78, 5) is 18.4. The first-order valence-corrected chi connectivity index (χ1v) is 13.6. The van der Waals surface area contributed by atoms with Crippen LogP contribution in [0, 0.1) is 0 Å². The standard InChI is InChI=1S/C26H35N5OS/c1-30-9-2-4-24(30)26-29-23(17-33-26)22-16-28-25-21(22)14-19(15-27-25)18-5-7-20(8-6-18)31-10-3-12-32-13-11-31/h14-18,20,24H,2-13H2,1H3,(H,27,28). The summed E-state index contributed by atoms with van der Waals surface area (Å²) in [6, 6.07) is 3.60. The number of fused-ring (bicyclic) bond motifs is 1. The van der Waals surface area contributed by atoms with Crippen LogP contribution in [0.4, 0.5) is 0 Å². The van der Waals surface area contributed by atoms with Crippen LogP contribution in [0.15, 0.2) is 23.8 Å². The van der Waals surface area contributed by atoms with E-state index in [1.807, 2.05) is 0 Å². The highest BCUT2D eigenvalue weighted by Gasteiger charge is 2.28. The predicted molar refractivity (Wildman–Crippen MR) is 134 cm³/mol. The molecule has 1 saturated carbocycles. The van der Waals surface area contributed by atoms with Gasteiger partial charge in [-0.15, -0.1) is 11.3 Å². The van der Waals surface area contributed by atoms with Crippen LogP contribution in [0.5, 0.6) is 0 Å². The topological polar surface area (TPSA) is 57.3 Å². The fourth-order valence-electron chi connectivity index (χ4n) is 6.15. The predicted octanol–water partition coefficient (Wildman–Crippen LogP) is 5.20. The minimum atomic E-state index is 0.480. The van der Waals surface area contributed by atoms with Crippen LogP contribution in [-0.4, -0.2) is 70.7 Å². The van der Waals surface area contributed by atoms with Crippen molar-refractivity contribution >= 4 is 22.4 Å². The van der Waals surface area contributed by atoms with Crippen molar-refractivity contribution in [2.24, 2.45) is 0 Å². The molecule has 176 valence electrons. The molecule has 5 heterocycles. The molecular weight excluding hydrogens is 430 g/mol. The Morgan fingerprint density at radius 1 is 1.06 bits per heavy atom. The summed E-state index contributed by atoms with van der Waals surface area (Å²) in [5.74, 6) is 0.613. The van der Waals surface area contributed by atoms with Crippen molar-refractivity contribution in [3.8, 4) is 11.3 Å². The highest BCUT2D eigenvalue weighted by Crippen LogP contribution is 2.39. The second-order valence-electron chi connectivity index (χ2n) is 10.1. The van der Waals surface area contributed by atoms with E-state index in [9.17, 15) is 0 Å². The number of aromatic amines is 1. The van der Waals surface area contributed by atoms with Crippen molar-refractivity contribution in [1.29, 1.82) is 0 Å². The lowest BCUT2D eigenvalue weighted by Gasteiger charge is -2.36.